The highest BCUT2D eigenvalue weighted by atomic mass is 19.4. The van der Waals surface area contributed by atoms with Crippen LogP contribution in [-0.4, -0.2) is 35.3 Å². The highest BCUT2D eigenvalue weighted by Crippen LogP contribution is 2.38. The van der Waals surface area contributed by atoms with Gasteiger partial charge in [0.15, 0.2) is 0 Å². The Morgan fingerprint density at radius 2 is 1.73 bits per heavy atom. The van der Waals surface area contributed by atoms with Crippen LogP contribution in [0.5, 0.6) is 11.5 Å². The standard InChI is InChI=1S/C27H24F3N3O4/c1-14(16-6-5-7-18(10-16)27(28,29)30)31-25-21-12-20(24(37-4)13-22(21)32-15(2)33-25)17-8-9-19(26(34)35)23(11-17)36-3/h5-14H,1-4H3,(H,34,35)(H,31,32,33)/t14-/m1/s1. The number of alkyl halides is 3. The fourth-order valence-electron chi connectivity index (χ4n) is 4.09. The molecule has 7 nitrogen and oxygen atoms in total. The third kappa shape index (κ3) is 5.28. The van der Waals surface area contributed by atoms with Gasteiger partial charge in [0.25, 0.3) is 0 Å². The molecule has 10 heteroatoms. The van der Waals surface area contributed by atoms with Crippen LogP contribution in [0.3, 0.4) is 0 Å². The lowest BCUT2D eigenvalue weighted by Crippen LogP contribution is -2.12. The summed E-state index contributed by atoms with van der Waals surface area (Å²) in [4.78, 5) is 20.5. The number of hydrogen-bond donors (Lipinski definition) is 2. The van der Waals surface area contributed by atoms with E-state index in [-0.39, 0.29) is 11.3 Å². The molecule has 0 saturated heterocycles. The number of halogens is 3. The number of carboxylic acid groups (broad SMARTS) is 1. The number of carbonyl (C=O) groups is 1. The number of benzene rings is 3. The van der Waals surface area contributed by atoms with Gasteiger partial charge in [0.2, 0.25) is 0 Å². The van der Waals surface area contributed by atoms with E-state index in [2.05, 4.69) is 15.3 Å². The first-order valence-corrected chi connectivity index (χ1v) is 11.2. The lowest BCUT2D eigenvalue weighted by molar-refractivity contribution is -0.137. The highest BCUT2D eigenvalue weighted by molar-refractivity contribution is 5.96. The van der Waals surface area contributed by atoms with E-state index < -0.39 is 23.8 Å². The maximum absolute atomic E-state index is 13.2. The molecule has 37 heavy (non-hydrogen) atoms. The normalized spacial score (nSPS) is 12.3. The molecule has 1 aromatic heterocycles. The Morgan fingerprint density at radius 1 is 1.00 bits per heavy atom. The van der Waals surface area contributed by atoms with Gasteiger partial charge in [-0.3, -0.25) is 0 Å². The molecule has 0 aliphatic carbocycles. The number of hydrogen-bond acceptors (Lipinski definition) is 6. The van der Waals surface area contributed by atoms with Gasteiger partial charge < -0.3 is 19.9 Å². The molecule has 0 saturated carbocycles. The number of rotatable bonds is 7. The molecule has 1 heterocycles. The monoisotopic (exact) mass is 511 g/mol. The van der Waals surface area contributed by atoms with Crippen molar-refractivity contribution < 1.29 is 32.5 Å². The zero-order valence-electron chi connectivity index (χ0n) is 20.5. The van der Waals surface area contributed by atoms with E-state index in [1.54, 1.807) is 44.2 Å². The molecule has 2 N–H and O–H groups in total. The molecule has 1 atom stereocenters. The Hall–Kier alpha value is -4.34. The minimum Gasteiger partial charge on any atom is -0.496 e. The largest absolute Gasteiger partial charge is 0.496 e. The number of aryl methyl sites for hydroxylation is 1. The fraction of sp³-hybridized carbons (Fsp3) is 0.222. The fourth-order valence-corrected chi connectivity index (χ4v) is 4.09. The molecule has 0 fully saturated rings. The SMILES string of the molecule is COc1cc(-c2cc3c(N[C@H](C)c4cccc(C(F)(F)F)c4)nc(C)nc3cc2OC)ccc1C(=O)O. The quantitative estimate of drug-likeness (QED) is 0.292. The van der Waals surface area contributed by atoms with E-state index in [0.717, 1.165) is 12.1 Å². The zero-order valence-corrected chi connectivity index (χ0v) is 20.5. The zero-order chi connectivity index (χ0) is 26.9. The predicted molar refractivity (Wildman–Crippen MR) is 133 cm³/mol. The molecule has 4 rings (SSSR count). The first-order valence-electron chi connectivity index (χ1n) is 11.2. The second kappa shape index (κ2) is 9.96. The van der Waals surface area contributed by atoms with Crippen LogP contribution in [0.1, 0.15) is 40.3 Å². The molecule has 4 aromatic rings. The topological polar surface area (TPSA) is 93.6 Å². The molecule has 192 valence electrons. The molecule has 0 amide bonds. The van der Waals surface area contributed by atoms with E-state index in [1.165, 1.54) is 26.4 Å². The van der Waals surface area contributed by atoms with Gasteiger partial charge in [0, 0.05) is 23.1 Å². The Kier molecular flexibility index (Phi) is 6.93. The van der Waals surface area contributed by atoms with Gasteiger partial charge in [-0.1, -0.05) is 18.2 Å². The molecular weight excluding hydrogens is 487 g/mol. The van der Waals surface area contributed by atoms with E-state index >= 15 is 0 Å². The number of fused-ring (bicyclic) bond motifs is 1. The molecule has 0 aliphatic rings. The number of aromatic carboxylic acids is 1. The molecule has 0 aliphatic heterocycles. The van der Waals surface area contributed by atoms with Crippen molar-refractivity contribution in [1.29, 1.82) is 0 Å². The number of carboxylic acids is 1. The predicted octanol–water partition coefficient (Wildman–Crippen LogP) is 6.51. The van der Waals surface area contributed by atoms with Gasteiger partial charge in [-0.25, -0.2) is 14.8 Å². The first kappa shape index (κ1) is 25.7. The van der Waals surface area contributed by atoms with E-state index in [4.69, 9.17) is 9.47 Å². The van der Waals surface area contributed by atoms with Crippen LogP contribution in [-0.2, 0) is 6.18 Å². The van der Waals surface area contributed by atoms with E-state index in [9.17, 15) is 23.1 Å². The van der Waals surface area contributed by atoms with Gasteiger partial charge in [-0.05, 0) is 55.3 Å². The molecule has 0 bridgehead atoms. The maximum atomic E-state index is 13.2. The summed E-state index contributed by atoms with van der Waals surface area (Å²) < 4.78 is 50.5. The Balaban J connectivity index is 1.82. The maximum Gasteiger partial charge on any atom is 0.416 e. The van der Waals surface area contributed by atoms with Crippen molar-refractivity contribution in [3.05, 3.63) is 77.1 Å². The van der Waals surface area contributed by atoms with Crippen molar-refractivity contribution in [2.45, 2.75) is 26.1 Å². The van der Waals surface area contributed by atoms with Gasteiger partial charge in [-0.15, -0.1) is 0 Å². The van der Waals surface area contributed by atoms with Crippen molar-refractivity contribution in [2.75, 3.05) is 19.5 Å². The van der Waals surface area contributed by atoms with Crippen LogP contribution in [0.2, 0.25) is 0 Å². The number of aromatic nitrogens is 2. The second-order valence-corrected chi connectivity index (χ2v) is 8.40. The van der Waals surface area contributed by atoms with Crippen molar-refractivity contribution in [3.63, 3.8) is 0 Å². The summed E-state index contributed by atoms with van der Waals surface area (Å²) in [5.74, 6) is 0.461. The third-order valence-electron chi connectivity index (χ3n) is 5.94. The Morgan fingerprint density at radius 3 is 2.38 bits per heavy atom. The van der Waals surface area contributed by atoms with Crippen molar-refractivity contribution >= 4 is 22.7 Å². The summed E-state index contributed by atoms with van der Waals surface area (Å²) in [6, 6.07) is 12.8. The second-order valence-electron chi connectivity index (χ2n) is 8.40. The minimum absolute atomic E-state index is 0.0160. The number of nitrogens with one attached hydrogen (secondary N) is 1. The van der Waals surface area contributed by atoms with Gasteiger partial charge in [0.1, 0.15) is 28.7 Å². The molecule has 0 radical (unpaired) electrons. The summed E-state index contributed by atoms with van der Waals surface area (Å²) in [7, 11) is 2.90. The number of nitrogens with zero attached hydrogens (tertiary/aromatic N) is 2. The summed E-state index contributed by atoms with van der Waals surface area (Å²) in [5.41, 5.74) is 1.57. The average molecular weight is 512 g/mol. The summed E-state index contributed by atoms with van der Waals surface area (Å²) >= 11 is 0. The van der Waals surface area contributed by atoms with Crippen LogP contribution < -0.4 is 14.8 Å². The Labute approximate surface area is 210 Å². The van der Waals surface area contributed by atoms with Gasteiger partial charge in [-0.2, -0.15) is 13.2 Å². The van der Waals surface area contributed by atoms with E-state index in [0.29, 0.717) is 45.0 Å². The van der Waals surface area contributed by atoms with Crippen molar-refractivity contribution in [3.8, 4) is 22.6 Å². The molecule has 3 aromatic carbocycles. The lowest BCUT2D eigenvalue weighted by Gasteiger charge is -2.19. The molecule has 0 spiro atoms. The summed E-state index contributed by atoms with van der Waals surface area (Å²) in [6.07, 6.45) is -4.45. The van der Waals surface area contributed by atoms with Gasteiger partial charge in [0.05, 0.1) is 25.3 Å². The number of methoxy groups -OCH3 is 2. The highest BCUT2D eigenvalue weighted by Gasteiger charge is 2.30. The number of ether oxygens (including phenoxy) is 2. The van der Waals surface area contributed by atoms with Gasteiger partial charge >= 0.3 is 12.1 Å². The summed E-state index contributed by atoms with van der Waals surface area (Å²) in [5, 5.41) is 13.2. The molecular formula is C27H24F3N3O4. The van der Waals surface area contributed by atoms with Crippen LogP contribution in [0, 0.1) is 6.92 Å². The van der Waals surface area contributed by atoms with Crippen molar-refractivity contribution in [1.82, 2.24) is 9.97 Å². The Bertz CT molecular complexity index is 1490. The van der Waals surface area contributed by atoms with E-state index in [1.807, 2.05) is 0 Å². The average Bonchev–Trinajstić information content (AvgIpc) is 2.86. The minimum atomic E-state index is -4.45. The van der Waals surface area contributed by atoms with Crippen LogP contribution >= 0.6 is 0 Å². The lowest BCUT2D eigenvalue weighted by atomic mass is 9.99. The molecule has 0 unspecified atom stereocenters. The van der Waals surface area contributed by atoms with Crippen molar-refractivity contribution in [2.24, 2.45) is 0 Å². The first-order chi connectivity index (χ1) is 17.5. The third-order valence-corrected chi connectivity index (χ3v) is 5.94. The smallest absolute Gasteiger partial charge is 0.416 e. The van der Waals surface area contributed by atoms with Crippen LogP contribution in [0.4, 0.5) is 19.0 Å². The van der Waals surface area contributed by atoms with Crippen LogP contribution in [0.15, 0.2) is 54.6 Å². The van der Waals surface area contributed by atoms with Crippen LogP contribution in [0.25, 0.3) is 22.0 Å². The number of anilines is 1. The summed E-state index contributed by atoms with van der Waals surface area (Å²) in [6.45, 7) is 3.47.